The highest BCUT2D eigenvalue weighted by molar-refractivity contribution is 5.96. The lowest BCUT2D eigenvalue weighted by atomic mass is 10.1. The number of nitrogens with zero attached hydrogens (tertiary/aromatic N) is 1. The Morgan fingerprint density at radius 2 is 1.79 bits per heavy atom. The lowest BCUT2D eigenvalue weighted by molar-refractivity contribution is -0.118. The number of rotatable bonds is 6. The smallest absolute Gasteiger partial charge is 0.253 e. The van der Waals surface area contributed by atoms with Crippen LogP contribution in [0.3, 0.4) is 0 Å². The van der Waals surface area contributed by atoms with Gasteiger partial charge in [0.25, 0.3) is 5.91 Å². The Morgan fingerprint density at radius 1 is 1.17 bits per heavy atom. The average molecular weight is 333 g/mol. The standard InChI is InChI=1S/C18H27N3O3/c1-24-16(13-19)12-17(22)20-15-8-6-14(7-9-15)18(23)21-10-4-2-3-5-11-21/h6-9,16H,2-5,10-13,19H2,1H3,(H,20,22). The molecule has 0 radical (unpaired) electrons. The second-order valence-electron chi connectivity index (χ2n) is 6.13. The number of nitrogens with two attached hydrogens (primary N) is 1. The summed E-state index contributed by atoms with van der Waals surface area (Å²) in [5, 5.41) is 2.80. The van der Waals surface area contributed by atoms with Gasteiger partial charge in [-0.25, -0.2) is 0 Å². The van der Waals surface area contributed by atoms with Crippen LogP contribution < -0.4 is 11.1 Å². The molecule has 1 atom stereocenters. The third-order valence-corrected chi connectivity index (χ3v) is 4.32. The van der Waals surface area contributed by atoms with Gasteiger partial charge in [-0.05, 0) is 37.1 Å². The molecule has 1 aromatic rings. The number of benzene rings is 1. The van der Waals surface area contributed by atoms with Gasteiger partial charge in [-0.2, -0.15) is 0 Å². The minimum atomic E-state index is -0.283. The van der Waals surface area contributed by atoms with E-state index in [2.05, 4.69) is 5.32 Å². The molecule has 0 aromatic heterocycles. The molecule has 24 heavy (non-hydrogen) atoms. The number of nitrogens with one attached hydrogen (secondary N) is 1. The molecule has 3 N–H and O–H groups in total. The molecule has 2 amide bonds. The number of likely N-dealkylation sites (tertiary alicyclic amines) is 1. The molecule has 1 heterocycles. The predicted molar refractivity (Wildman–Crippen MR) is 93.9 cm³/mol. The molecular formula is C18H27N3O3. The van der Waals surface area contributed by atoms with E-state index in [0.29, 0.717) is 17.8 Å². The normalized spacial score (nSPS) is 16.3. The van der Waals surface area contributed by atoms with Crippen LogP contribution >= 0.6 is 0 Å². The molecule has 1 unspecified atom stereocenters. The predicted octanol–water partition coefficient (Wildman–Crippen LogP) is 2.01. The summed E-state index contributed by atoms with van der Waals surface area (Å²) in [5.74, 6) is -0.0868. The summed E-state index contributed by atoms with van der Waals surface area (Å²) in [6, 6.07) is 7.04. The van der Waals surface area contributed by atoms with Crippen molar-refractivity contribution in [3.63, 3.8) is 0 Å². The zero-order valence-electron chi connectivity index (χ0n) is 14.3. The first kappa shape index (κ1) is 18.4. The fourth-order valence-electron chi connectivity index (χ4n) is 2.83. The van der Waals surface area contributed by atoms with Crippen LogP contribution in [-0.4, -0.2) is 49.6 Å². The van der Waals surface area contributed by atoms with E-state index in [1.807, 2.05) is 4.90 Å². The van der Waals surface area contributed by atoms with E-state index in [4.69, 9.17) is 10.5 Å². The summed E-state index contributed by atoms with van der Waals surface area (Å²) >= 11 is 0. The SMILES string of the molecule is COC(CN)CC(=O)Nc1ccc(C(=O)N2CCCCCC2)cc1. The quantitative estimate of drug-likeness (QED) is 0.834. The molecule has 1 aliphatic heterocycles. The molecule has 0 saturated carbocycles. The first-order valence-electron chi connectivity index (χ1n) is 8.56. The fourth-order valence-corrected chi connectivity index (χ4v) is 2.83. The second kappa shape index (κ2) is 9.39. The van der Waals surface area contributed by atoms with Gasteiger partial charge in [0.15, 0.2) is 0 Å². The Morgan fingerprint density at radius 3 is 2.33 bits per heavy atom. The van der Waals surface area contributed by atoms with Crippen molar-refractivity contribution in [1.82, 2.24) is 4.90 Å². The fraction of sp³-hybridized carbons (Fsp3) is 0.556. The van der Waals surface area contributed by atoms with Crippen molar-refractivity contribution in [1.29, 1.82) is 0 Å². The van der Waals surface area contributed by atoms with Gasteiger partial charge in [-0.15, -0.1) is 0 Å². The van der Waals surface area contributed by atoms with Gasteiger partial charge in [0, 0.05) is 38.0 Å². The van der Waals surface area contributed by atoms with Crippen LogP contribution in [0.4, 0.5) is 5.69 Å². The van der Waals surface area contributed by atoms with Crippen molar-refractivity contribution in [2.75, 3.05) is 32.1 Å². The van der Waals surface area contributed by atoms with Gasteiger partial charge in [-0.3, -0.25) is 9.59 Å². The monoisotopic (exact) mass is 333 g/mol. The molecule has 2 rings (SSSR count). The van der Waals surface area contributed by atoms with E-state index in [9.17, 15) is 9.59 Å². The van der Waals surface area contributed by atoms with Gasteiger partial charge >= 0.3 is 0 Å². The van der Waals surface area contributed by atoms with Gasteiger partial charge < -0.3 is 20.7 Å². The first-order chi connectivity index (χ1) is 11.6. The number of carbonyl (C=O) groups excluding carboxylic acids is 2. The third-order valence-electron chi connectivity index (χ3n) is 4.32. The minimum absolute atomic E-state index is 0.0670. The van der Waals surface area contributed by atoms with Crippen LogP contribution in [0.1, 0.15) is 42.5 Å². The van der Waals surface area contributed by atoms with E-state index in [-0.39, 0.29) is 24.3 Å². The molecule has 1 aliphatic rings. The van der Waals surface area contributed by atoms with Crippen molar-refractivity contribution < 1.29 is 14.3 Å². The zero-order valence-corrected chi connectivity index (χ0v) is 14.3. The Bertz CT molecular complexity index is 533. The maximum Gasteiger partial charge on any atom is 0.253 e. The van der Waals surface area contributed by atoms with Crippen molar-refractivity contribution in [3.05, 3.63) is 29.8 Å². The number of ether oxygens (including phenoxy) is 1. The average Bonchev–Trinajstić information content (AvgIpc) is 2.89. The third kappa shape index (κ3) is 5.32. The van der Waals surface area contributed by atoms with Crippen molar-refractivity contribution in [3.8, 4) is 0 Å². The Kier molecular flexibility index (Phi) is 7.21. The first-order valence-corrected chi connectivity index (χ1v) is 8.56. The largest absolute Gasteiger partial charge is 0.380 e. The molecule has 1 saturated heterocycles. The van der Waals surface area contributed by atoms with Gasteiger partial charge in [-0.1, -0.05) is 12.8 Å². The van der Waals surface area contributed by atoms with Gasteiger partial charge in [0.1, 0.15) is 0 Å². The van der Waals surface area contributed by atoms with Crippen LogP contribution in [0.15, 0.2) is 24.3 Å². The molecule has 6 nitrogen and oxygen atoms in total. The Hall–Kier alpha value is -1.92. The summed E-state index contributed by atoms with van der Waals surface area (Å²) in [4.78, 5) is 26.4. The van der Waals surface area contributed by atoms with Crippen LogP contribution in [0.25, 0.3) is 0 Å². The van der Waals surface area contributed by atoms with E-state index in [1.54, 1.807) is 24.3 Å². The molecule has 0 spiro atoms. The van der Waals surface area contributed by atoms with Crippen molar-refractivity contribution in [2.24, 2.45) is 5.73 Å². The van der Waals surface area contributed by atoms with Crippen molar-refractivity contribution >= 4 is 17.5 Å². The van der Waals surface area contributed by atoms with E-state index < -0.39 is 0 Å². The number of carbonyl (C=O) groups is 2. The number of methoxy groups -OCH3 is 1. The number of hydrogen-bond acceptors (Lipinski definition) is 4. The molecule has 1 aromatic carbocycles. The molecular weight excluding hydrogens is 306 g/mol. The number of hydrogen-bond donors (Lipinski definition) is 2. The second-order valence-corrected chi connectivity index (χ2v) is 6.13. The maximum atomic E-state index is 12.5. The van der Waals surface area contributed by atoms with Gasteiger partial charge in [0.05, 0.1) is 12.5 Å². The minimum Gasteiger partial charge on any atom is -0.380 e. The Labute approximate surface area is 143 Å². The molecule has 132 valence electrons. The Balaban J connectivity index is 1.92. The van der Waals surface area contributed by atoms with Crippen LogP contribution in [-0.2, 0) is 9.53 Å². The summed E-state index contributed by atoms with van der Waals surface area (Å²) in [7, 11) is 1.54. The molecule has 1 fully saturated rings. The lowest BCUT2D eigenvalue weighted by Crippen LogP contribution is -2.31. The number of amides is 2. The maximum absolute atomic E-state index is 12.5. The molecule has 0 aliphatic carbocycles. The highest BCUT2D eigenvalue weighted by Gasteiger charge is 2.17. The molecule has 0 bridgehead atoms. The topological polar surface area (TPSA) is 84.7 Å². The van der Waals surface area contributed by atoms with Crippen molar-refractivity contribution in [2.45, 2.75) is 38.2 Å². The summed E-state index contributed by atoms with van der Waals surface area (Å²) in [5.41, 5.74) is 6.84. The highest BCUT2D eigenvalue weighted by Crippen LogP contribution is 2.16. The number of anilines is 1. The van der Waals surface area contributed by atoms with E-state index >= 15 is 0 Å². The summed E-state index contributed by atoms with van der Waals surface area (Å²) in [6.45, 7) is 1.96. The van der Waals surface area contributed by atoms with Crippen LogP contribution in [0.2, 0.25) is 0 Å². The zero-order chi connectivity index (χ0) is 17.4. The summed E-state index contributed by atoms with van der Waals surface area (Å²) < 4.78 is 5.10. The molecule has 6 heteroatoms. The van der Waals surface area contributed by atoms with E-state index in [1.165, 1.54) is 20.0 Å². The van der Waals surface area contributed by atoms with Crippen LogP contribution in [0.5, 0.6) is 0 Å². The van der Waals surface area contributed by atoms with Gasteiger partial charge in [0.2, 0.25) is 5.91 Å². The van der Waals surface area contributed by atoms with Crippen LogP contribution in [0, 0.1) is 0 Å². The van der Waals surface area contributed by atoms with E-state index in [0.717, 1.165) is 25.9 Å². The summed E-state index contributed by atoms with van der Waals surface area (Å²) in [6.07, 6.45) is 4.46. The lowest BCUT2D eigenvalue weighted by Gasteiger charge is -2.20. The highest BCUT2D eigenvalue weighted by atomic mass is 16.5.